The van der Waals surface area contributed by atoms with Crippen LogP contribution in [0.25, 0.3) is 0 Å². The second-order valence-corrected chi connectivity index (χ2v) is 5.38. The van der Waals surface area contributed by atoms with E-state index in [1.165, 1.54) is 12.1 Å². The number of nitrogens with one attached hydrogen (secondary N) is 1. The molecule has 1 aromatic carbocycles. The Morgan fingerprint density at radius 3 is 2.80 bits per heavy atom. The van der Waals surface area contributed by atoms with Crippen LogP contribution < -0.4 is 5.32 Å². The molecule has 1 aliphatic rings. The zero-order valence-corrected chi connectivity index (χ0v) is 12.1. The molecule has 1 unspecified atom stereocenters. The third-order valence-corrected chi connectivity index (χ3v) is 4.24. The fourth-order valence-corrected chi connectivity index (χ4v) is 2.82. The molecule has 0 radical (unpaired) electrons. The Kier molecular flexibility index (Phi) is 4.61. The minimum atomic E-state index is -0.471. The molecule has 0 spiro atoms. The van der Waals surface area contributed by atoms with Gasteiger partial charge in [-0.2, -0.15) is 5.26 Å². The molecule has 1 saturated heterocycles. The molecule has 1 heterocycles. The van der Waals surface area contributed by atoms with E-state index < -0.39 is 5.82 Å². The van der Waals surface area contributed by atoms with Gasteiger partial charge in [0.05, 0.1) is 11.2 Å². The van der Waals surface area contributed by atoms with Gasteiger partial charge < -0.3 is 10.1 Å². The molecule has 0 aliphatic carbocycles. The van der Waals surface area contributed by atoms with E-state index in [2.05, 4.69) is 19.2 Å². The van der Waals surface area contributed by atoms with Crippen molar-refractivity contribution in [1.29, 1.82) is 5.26 Å². The number of rotatable bonds is 4. The Bertz CT molecular complexity index is 506. The van der Waals surface area contributed by atoms with Crippen molar-refractivity contribution in [3.63, 3.8) is 0 Å². The number of nitriles is 1. The van der Waals surface area contributed by atoms with E-state index >= 15 is 0 Å². The second-order valence-electron chi connectivity index (χ2n) is 5.38. The summed E-state index contributed by atoms with van der Waals surface area (Å²) in [4.78, 5) is 0. The molecular weight excluding hydrogens is 255 g/mol. The monoisotopic (exact) mass is 276 g/mol. The Balaban J connectivity index is 2.06. The van der Waals surface area contributed by atoms with Crippen molar-refractivity contribution in [2.24, 2.45) is 0 Å². The molecule has 0 bridgehead atoms. The standard InChI is InChI=1S/C16H21FN2O/c1-3-16(4-2)10-14(7-8-20-16)19-13-6-5-12(11-18)15(17)9-13/h5-6,9,14,19H,3-4,7-8,10H2,1-2H3. The minimum Gasteiger partial charge on any atom is -0.382 e. The van der Waals surface area contributed by atoms with Crippen molar-refractivity contribution >= 4 is 5.69 Å². The van der Waals surface area contributed by atoms with Gasteiger partial charge in [0.1, 0.15) is 11.9 Å². The minimum absolute atomic E-state index is 0.0545. The lowest BCUT2D eigenvalue weighted by molar-refractivity contribution is -0.0864. The number of nitrogens with zero attached hydrogens (tertiary/aromatic N) is 1. The predicted octanol–water partition coefficient (Wildman–Crippen LogP) is 3.85. The van der Waals surface area contributed by atoms with Crippen LogP contribution in [-0.2, 0) is 4.74 Å². The molecule has 108 valence electrons. The summed E-state index contributed by atoms with van der Waals surface area (Å²) in [6.45, 7) is 5.03. The summed E-state index contributed by atoms with van der Waals surface area (Å²) >= 11 is 0. The van der Waals surface area contributed by atoms with Crippen LogP contribution in [0.5, 0.6) is 0 Å². The summed E-state index contributed by atoms with van der Waals surface area (Å²) in [5, 5.41) is 12.1. The molecular formula is C16H21FN2O. The Morgan fingerprint density at radius 2 is 2.20 bits per heavy atom. The summed E-state index contributed by atoms with van der Waals surface area (Å²) in [5.41, 5.74) is 0.759. The van der Waals surface area contributed by atoms with Crippen molar-refractivity contribution in [3.05, 3.63) is 29.6 Å². The van der Waals surface area contributed by atoms with E-state index in [-0.39, 0.29) is 17.2 Å². The van der Waals surface area contributed by atoms with Crippen molar-refractivity contribution in [3.8, 4) is 6.07 Å². The maximum atomic E-state index is 13.6. The van der Waals surface area contributed by atoms with E-state index in [4.69, 9.17) is 10.00 Å². The molecule has 1 aromatic rings. The molecule has 1 aliphatic heterocycles. The molecule has 1 fully saturated rings. The Morgan fingerprint density at radius 1 is 1.45 bits per heavy atom. The molecule has 0 amide bonds. The van der Waals surface area contributed by atoms with Gasteiger partial charge in [0.15, 0.2) is 0 Å². The van der Waals surface area contributed by atoms with E-state index in [9.17, 15) is 4.39 Å². The van der Waals surface area contributed by atoms with Crippen LogP contribution in [0.2, 0.25) is 0 Å². The molecule has 4 heteroatoms. The fraction of sp³-hybridized carbons (Fsp3) is 0.562. The lowest BCUT2D eigenvalue weighted by atomic mass is 9.86. The molecule has 1 N–H and O–H groups in total. The highest BCUT2D eigenvalue weighted by molar-refractivity contribution is 5.48. The first kappa shape index (κ1) is 14.8. The number of benzene rings is 1. The highest BCUT2D eigenvalue weighted by atomic mass is 19.1. The van der Waals surface area contributed by atoms with Gasteiger partial charge in [0.2, 0.25) is 0 Å². The number of hydrogen-bond acceptors (Lipinski definition) is 3. The van der Waals surface area contributed by atoms with Crippen LogP contribution in [0.3, 0.4) is 0 Å². The third kappa shape index (κ3) is 3.10. The van der Waals surface area contributed by atoms with E-state index in [0.717, 1.165) is 38.0 Å². The van der Waals surface area contributed by atoms with Crippen molar-refractivity contribution in [2.75, 3.05) is 11.9 Å². The quantitative estimate of drug-likeness (QED) is 0.908. The number of ether oxygens (including phenoxy) is 1. The van der Waals surface area contributed by atoms with Gasteiger partial charge in [0, 0.05) is 18.3 Å². The average Bonchev–Trinajstić information content (AvgIpc) is 2.47. The second kappa shape index (κ2) is 6.23. The van der Waals surface area contributed by atoms with Gasteiger partial charge in [-0.1, -0.05) is 13.8 Å². The number of halogens is 1. The van der Waals surface area contributed by atoms with Crippen molar-refractivity contribution < 1.29 is 9.13 Å². The fourth-order valence-electron chi connectivity index (χ4n) is 2.82. The maximum Gasteiger partial charge on any atom is 0.143 e. The SMILES string of the molecule is CCC1(CC)CC(Nc2ccc(C#N)c(F)c2)CCO1. The third-order valence-electron chi connectivity index (χ3n) is 4.24. The molecule has 3 nitrogen and oxygen atoms in total. The lowest BCUT2D eigenvalue weighted by Gasteiger charge is -2.40. The zero-order chi connectivity index (χ0) is 14.6. The normalized spacial score (nSPS) is 21.2. The van der Waals surface area contributed by atoms with Crippen LogP contribution in [0.1, 0.15) is 45.1 Å². The average molecular weight is 276 g/mol. The summed E-state index contributed by atoms with van der Waals surface area (Å²) in [6.07, 6.45) is 3.83. The van der Waals surface area contributed by atoms with Gasteiger partial charge >= 0.3 is 0 Å². The van der Waals surface area contributed by atoms with Gasteiger partial charge in [-0.05, 0) is 43.9 Å². The van der Waals surface area contributed by atoms with Gasteiger partial charge in [0.25, 0.3) is 0 Å². The van der Waals surface area contributed by atoms with Gasteiger partial charge in [-0.3, -0.25) is 0 Å². The smallest absolute Gasteiger partial charge is 0.143 e. The first-order valence-electron chi connectivity index (χ1n) is 7.22. The summed E-state index contributed by atoms with van der Waals surface area (Å²) < 4.78 is 19.5. The van der Waals surface area contributed by atoms with Crippen molar-refractivity contribution in [2.45, 2.75) is 51.2 Å². The van der Waals surface area contributed by atoms with Crippen LogP contribution in [0.15, 0.2) is 18.2 Å². The molecule has 2 rings (SSSR count). The summed E-state index contributed by atoms with van der Waals surface area (Å²) in [6, 6.07) is 6.80. The number of anilines is 1. The van der Waals surface area contributed by atoms with Crippen LogP contribution in [-0.4, -0.2) is 18.2 Å². The van der Waals surface area contributed by atoms with E-state index in [1.807, 2.05) is 6.07 Å². The Hall–Kier alpha value is -1.60. The molecule has 20 heavy (non-hydrogen) atoms. The Labute approximate surface area is 119 Å². The van der Waals surface area contributed by atoms with Crippen LogP contribution >= 0.6 is 0 Å². The van der Waals surface area contributed by atoms with Crippen LogP contribution in [0, 0.1) is 17.1 Å². The largest absolute Gasteiger partial charge is 0.382 e. The summed E-state index contributed by atoms with van der Waals surface area (Å²) in [7, 11) is 0. The van der Waals surface area contributed by atoms with Gasteiger partial charge in [-0.15, -0.1) is 0 Å². The number of hydrogen-bond donors (Lipinski definition) is 1. The van der Waals surface area contributed by atoms with E-state index in [0.29, 0.717) is 0 Å². The maximum absolute atomic E-state index is 13.6. The first-order valence-corrected chi connectivity index (χ1v) is 7.22. The topological polar surface area (TPSA) is 45.0 Å². The van der Waals surface area contributed by atoms with Gasteiger partial charge in [-0.25, -0.2) is 4.39 Å². The van der Waals surface area contributed by atoms with Crippen LogP contribution in [0.4, 0.5) is 10.1 Å². The molecule has 1 atom stereocenters. The predicted molar refractivity (Wildman–Crippen MR) is 77.0 cm³/mol. The molecule has 0 saturated carbocycles. The lowest BCUT2D eigenvalue weighted by Crippen LogP contribution is -2.43. The first-order chi connectivity index (χ1) is 9.62. The van der Waals surface area contributed by atoms with E-state index in [1.54, 1.807) is 6.07 Å². The zero-order valence-electron chi connectivity index (χ0n) is 12.1. The summed E-state index contributed by atoms with van der Waals surface area (Å²) in [5.74, 6) is -0.471. The highest BCUT2D eigenvalue weighted by Gasteiger charge is 2.34. The molecule has 0 aromatic heterocycles. The highest BCUT2D eigenvalue weighted by Crippen LogP contribution is 2.32. The van der Waals surface area contributed by atoms with Crippen molar-refractivity contribution in [1.82, 2.24) is 0 Å².